The van der Waals surface area contributed by atoms with Crippen LogP contribution in [0.25, 0.3) is 10.6 Å². The minimum absolute atomic E-state index is 0.0685. The predicted octanol–water partition coefficient (Wildman–Crippen LogP) is 4.58. The third-order valence-corrected chi connectivity index (χ3v) is 5.91. The van der Waals surface area contributed by atoms with Gasteiger partial charge in [0.25, 0.3) is 5.91 Å². The number of thiazole rings is 1. The molecule has 1 saturated carbocycles. The summed E-state index contributed by atoms with van der Waals surface area (Å²) in [6, 6.07) is 12.1. The van der Waals surface area contributed by atoms with E-state index in [0.717, 1.165) is 30.5 Å². The summed E-state index contributed by atoms with van der Waals surface area (Å²) in [5, 5.41) is 8.02. The van der Waals surface area contributed by atoms with Gasteiger partial charge in [0, 0.05) is 29.1 Å². The number of amides is 2. The van der Waals surface area contributed by atoms with Gasteiger partial charge in [0.05, 0.1) is 17.7 Å². The molecule has 0 aliphatic heterocycles. The van der Waals surface area contributed by atoms with Crippen molar-refractivity contribution in [2.45, 2.75) is 38.0 Å². The van der Waals surface area contributed by atoms with Gasteiger partial charge in [0.15, 0.2) is 0 Å². The van der Waals surface area contributed by atoms with E-state index in [9.17, 15) is 22.8 Å². The maximum atomic E-state index is 12.7. The van der Waals surface area contributed by atoms with Crippen LogP contribution >= 0.6 is 11.3 Å². The van der Waals surface area contributed by atoms with Crippen LogP contribution in [0.3, 0.4) is 0 Å². The molecule has 0 spiro atoms. The van der Waals surface area contributed by atoms with E-state index in [1.807, 2.05) is 0 Å². The highest BCUT2D eigenvalue weighted by molar-refractivity contribution is 7.13. The molecule has 166 valence electrons. The molecule has 1 aliphatic rings. The second kappa shape index (κ2) is 9.12. The van der Waals surface area contributed by atoms with Gasteiger partial charge in [0.2, 0.25) is 5.91 Å². The molecule has 1 aliphatic carbocycles. The molecule has 0 bridgehead atoms. The predicted molar refractivity (Wildman–Crippen MR) is 115 cm³/mol. The number of aromatic nitrogens is 1. The number of carbonyl (C=O) groups excluding carboxylic acids is 2. The summed E-state index contributed by atoms with van der Waals surface area (Å²) < 4.78 is 38.1. The number of benzene rings is 2. The summed E-state index contributed by atoms with van der Waals surface area (Å²) in [4.78, 5) is 28.6. The molecular formula is C23H20F3N3O2S. The van der Waals surface area contributed by atoms with Crippen LogP contribution in [0.1, 0.15) is 40.0 Å². The van der Waals surface area contributed by atoms with E-state index in [1.165, 1.54) is 23.5 Å². The second-order valence-electron chi connectivity index (χ2n) is 7.62. The summed E-state index contributed by atoms with van der Waals surface area (Å²) in [6.07, 6.45) is -2.26. The van der Waals surface area contributed by atoms with Crippen LogP contribution in [-0.4, -0.2) is 22.8 Å². The first-order valence-electron chi connectivity index (χ1n) is 10.1. The Morgan fingerprint density at radius 2 is 1.72 bits per heavy atom. The Balaban J connectivity index is 1.28. The van der Waals surface area contributed by atoms with E-state index in [2.05, 4.69) is 15.6 Å². The topological polar surface area (TPSA) is 71.1 Å². The fraction of sp³-hybridized carbons (Fsp3) is 0.261. The zero-order valence-electron chi connectivity index (χ0n) is 16.9. The summed E-state index contributed by atoms with van der Waals surface area (Å²) >= 11 is 1.27. The van der Waals surface area contributed by atoms with Crippen molar-refractivity contribution in [3.63, 3.8) is 0 Å². The normalized spacial score (nSPS) is 13.6. The zero-order chi connectivity index (χ0) is 22.7. The number of halogens is 3. The summed E-state index contributed by atoms with van der Waals surface area (Å²) in [5.74, 6) is -0.305. The van der Waals surface area contributed by atoms with Crippen molar-refractivity contribution >= 4 is 23.2 Å². The van der Waals surface area contributed by atoms with Crippen LogP contribution in [0.5, 0.6) is 0 Å². The summed E-state index contributed by atoms with van der Waals surface area (Å²) in [7, 11) is 0. The minimum Gasteiger partial charge on any atom is -0.352 e. The second-order valence-corrected chi connectivity index (χ2v) is 8.48. The van der Waals surface area contributed by atoms with E-state index >= 15 is 0 Å². The molecule has 9 heteroatoms. The molecule has 0 radical (unpaired) electrons. The maximum Gasteiger partial charge on any atom is 0.416 e. The number of carbonyl (C=O) groups is 2. The van der Waals surface area contributed by atoms with Crippen LogP contribution in [0.4, 0.5) is 13.2 Å². The van der Waals surface area contributed by atoms with Crippen molar-refractivity contribution in [3.8, 4) is 10.6 Å². The van der Waals surface area contributed by atoms with E-state index in [4.69, 9.17) is 0 Å². The summed E-state index contributed by atoms with van der Waals surface area (Å²) in [5.41, 5.74) is 1.86. The number of rotatable bonds is 7. The molecule has 2 N–H and O–H groups in total. The molecule has 5 nitrogen and oxygen atoms in total. The van der Waals surface area contributed by atoms with Gasteiger partial charge in [-0.15, -0.1) is 11.3 Å². The van der Waals surface area contributed by atoms with Crippen molar-refractivity contribution in [1.29, 1.82) is 0 Å². The van der Waals surface area contributed by atoms with Crippen molar-refractivity contribution in [3.05, 3.63) is 76.3 Å². The molecule has 4 rings (SSSR count). The largest absolute Gasteiger partial charge is 0.416 e. The Morgan fingerprint density at radius 1 is 1.03 bits per heavy atom. The van der Waals surface area contributed by atoms with Gasteiger partial charge in [-0.05, 0) is 42.7 Å². The number of alkyl halides is 3. The molecular weight excluding hydrogens is 439 g/mol. The van der Waals surface area contributed by atoms with Crippen molar-refractivity contribution in [2.75, 3.05) is 0 Å². The lowest BCUT2D eigenvalue weighted by Gasteiger charge is -2.07. The SMILES string of the molecule is O=C(Cc1csc(-c2ccc(C(F)(F)F)cc2)n1)NCc1ccc(C(=O)NC2CC2)cc1. The summed E-state index contributed by atoms with van der Waals surface area (Å²) in [6.45, 7) is 0.319. The number of nitrogens with zero attached hydrogens (tertiary/aromatic N) is 1. The van der Waals surface area contributed by atoms with Gasteiger partial charge in [0.1, 0.15) is 5.01 Å². The van der Waals surface area contributed by atoms with Crippen molar-refractivity contribution in [1.82, 2.24) is 15.6 Å². The average molecular weight is 459 g/mol. The molecule has 0 atom stereocenters. The number of hydrogen-bond acceptors (Lipinski definition) is 4. The molecule has 1 heterocycles. The first-order valence-corrected chi connectivity index (χ1v) is 10.9. The first-order chi connectivity index (χ1) is 15.3. The van der Waals surface area contributed by atoms with Gasteiger partial charge in [-0.25, -0.2) is 4.98 Å². The van der Waals surface area contributed by atoms with Crippen LogP contribution in [0.2, 0.25) is 0 Å². The third kappa shape index (κ3) is 5.73. The molecule has 2 amide bonds. The van der Waals surface area contributed by atoms with E-state index < -0.39 is 11.7 Å². The Bertz CT molecular complexity index is 1100. The van der Waals surface area contributed by atoms with E-state index in [-0.39, 0.29) is 18.2 Å². The molecule has 0 saturated heterocycles. The Kier molecular flexibility index (Phi) is 6.27. The highest BCUT2D eigenvalue weighted by atomic mass is 32.1. The monoisotopic (exact) mass is 459 g/mol. The van der Waals surface area contributed by atoms with Crippen LogP contribution in [0.15, 0.2) is 53.9 Å². The lowest BCUT2D eigenvalue weighted by Crippen LogP contribution is -2.26. The standard InChI is InChI=1S/C23H20F3N3O2S/c24-23(25,26)17-7-5-16(6-8-17)22-29-19(13-32-22)11-20(30)27-12-14-1-3-15(4-2-14)21(31)28-18-9-10-18/h1-8,13,18H,9-12H2,(H,27,30)(H,28,31). The smallest absolute Gasteiger partial charge is 0.352 e. The quantitative estimate of drug-likeness (QED) is 0.543. The lowest BCUT2D eigenvalue weighted by molar-refractivity contribution is -0.137. The van der Waals surface area contributed by atoms with Crippen LogP contribution < -0.4 is 10.6 Å². The Labute approximate surface area is 186 Å². The number of nitrogens with one attached hydrogen (secondary N) is 2. The maximum absolute atomic E-state index is 12.7. The molecule has 3 aromatic rings. The van der Waals surface area contributed by atoms with Gasteiger partial charge < -0.3 is 10.6 Å². The third-order valence-electron chi connectivity index (χ3n) is 4.97. The average Bonchev–Trinajstić information content (AvgIpc) is 3.46. The van der Waals surface area contributed by atoms with Gasteiger partial charge in [-0.1, -0.05) is 24.3 Å². The van der Waals surface area contributed by atoms with E-state index in [0.29, 0.717) is 34.4 Å². The van der Waals surface area contributed by atoms with Gasteiger partial charge >= 0.3 is 6.18 Å². The Morgan fingerprint density at radius 3 is 2.34 bits per heavy atom. The van der Waals surface area contributed by atoms with E-state index in [1.54, 1.807) is 29.6 Å². The zero-order valence-corrected chi connectivity index (χ0v) is 17.7. The van der Waals surface area contributed by atoms with Gasteiger partial charge in [-0.2, -0.15) is 13.2 Å². The Hall–Kier alpha value is -3.20. The molecule has 1 aromatic heterocycles. The highest BCUT2D eigenvalue weighted by Gasteiger charge is 2.30. The number of hydrogen-bond donors (Lipinski definition) is 2. The van der Waals surface area contributed by atoms with Gasteiger partial charge in [-0.3, -0.25) is 9.59 Å². The van der Waals surface area contributed by atoms with Crippen LogP contribution in [-0.2, 0) is 23.9 Å². The molecule has 2 aromatic carbocycles. The fourth-order valence-electron chi connectivity index (χ4n) is 3.02. The molecule has 0 unspecified atom stereocenters. The van der Waals surface area contributed by atoms with Crippen molar-refractivity contribution in [2.24, 2.45) is 0 Å². The highest BCUT2D eigenvalue weighted by Crippen LogP contribution is 2.31. The fourth-order valence-corrected chi connectivity index (χ4v) is 3.85. The molecule has 1 fully saturated rings. The lowest BCUT2D eigenvalue weighted by atomic mass is 10.1. The van der Waals surface area contributed by atoms with Crippen molar-refractivity contribution < 1.29 is 22.8 Å². The minimum atomic E-state index is -4.38. The molecule has 32 heavy (non-hydrogen) atoms. The first kappa shape index (κ1) is 22.0. The van der Waals surface area contributed by atoms with Crippen LogP contribution in [0, 0.1) is 0 Å².